The second-order valence-corrected chi connectivity index (χ2v) is 17.0. The van der Waals surface area contributed by atoms with E-state index >= 15 is 0 Å². The zero-order chi connectivity index (χ0) is 38.6. The number of hydrogen-bond donors (Lipinski definition) is 3. The van der Waals surface area contributed by atoms with Gasteiger partial charge in [0.15, 0.2) is 0 Å². The molecule has 3 unspecified atom stereocenters. The molecule has 7 heteroatoms. The third-order valence-electron chi connectivity index (χ3n) is 11.8. The molecule has 1 aliphatic rings. The average Bonchev–Trinajstić information content (AvgIpc) is 3.16. The Balaban J connectivity index is 2.71. The van der Waals surface area contributed by atoms with Gasteiger partial charge in [0.05, 0.1) is 18.3 Å². The van der Waals surface area contributed by atoms with E-state index in [2.05, 4.69) is 47.3 Å². The molecular weight excluding hydrogens is 657 g/mol. The highest BCUT2D eigenvalue weighted by molar-refractivity contribution is 4.77. The minimum Gasteiger partial charge on any atom is -0.392 e. The first-order valence-electron chi connectivity index (χ1n) is 23.6. The van der Waals surface area contributed by atoms with Crippen LogP contribution in [0.1, 0.15) is 194 Å². The van der Waals surface area contributed by atoms with Crippen molar-refractivity contribution >= 4 is 0 Å². The lowest BCUT2D eigenvalue weighted by Gasteiger charge is -2.36. The van der Waals surface area contributed by atoms with Gasteiger partial charge in [0.1, 0.15) is 0 Å². The molecule has 0 aromatic carbocycles. The SMILES string of the molecule is [CH2]CN1CCN(CCN(CCN(CC(O)CCCCCCCCCC)CC(O)CCCCCCCCCC)CC(O)CCCCCCCCCC)CC1. The molecule has 0 aromatic heterocycles. The van der Waals surface area contributed by atoms with Crippen LogP contribution in [0, 0.1) is 6.92 Å². The van der Waals surface area contributed by atoms with Crippen LogP contribution in [0.25, 0.3) is 0 Å². The summed E-state index contributed by atoms with van der Waals surface area (Å²) in [5.74, 6) is 0. The molecule has 7 nitrogen and oxygen atoms in total. The quantitative estimate of drug-likeness (QED) is 0.0539. The second-order valence-electron chi connectivity index (χ2n) is 17.0. The fourth-order valence-corrected chi connectivity index (χ4v) is 8.06. The number of piperazine rings is 1. The van der Waals surface area contributed by atoms with Crippen molar-refractivity contribution in [1.29, 1.82) is 0 Å². The Bertz CT molecular complexity index is 710. The van der Waals surface area contributed by atoms with Gasteiger partial charge in [0.2, 0.25) is 0 Å². The molecule has 3 N–H and O–H groups in total. The van der Waals surface area contributed by atoms with Crippen molar-refractivity contribution in [3.63, 3.8) is 0 Å². The first-order valence-corrected chi connectivity index (χ1v) is 23.6. The van der Waals surface area contributed by atoms with Crippen LogP contribution in [-0.4, -0.2) is 132 Å². The topological polar surface area (TPSA) is 73.7 Å². The van der Waals surface area contributed by atoms with E-state index < -0.39 is 0 Å². The van der Waals surface area contributed by atoms with E-state index in [0.717, 1.165) is 97.4 Å². The van der Waals surface area contributed by atoms with Gasteiger partial charge in [-0.1, -0.05) is 175 Å². The molecule has 1 saturated heterocycles. The molecule has 317 valence electrons. The number of nitrogens with zero attached hydrogens (tertiary/aromatic N) is 4. The van der Waals surface area contributed by atoms with Crippen molar-refractivity contribution in [2.24, 2.45) is 0 Å². The zero-order valence-electron chi connectivity index (χ0n) is 36.1. The van der Waals surface area contributed by atoms with E-state index in [1.807, 2.05) is 0 Å². The molecule has 1 rings (SSSR count). The minimum absolute atomic E-state index is 0.299. The van der Waals surface area contributed by atoms with Crippen LogP contribution in [0.5, 0.6) is 0 Å². The molecule has 3 atom stereocenters. The smallest absolute Gasteiger partial charge is 0.0667 e. The van der Waals surface area contributed by atoms with E-state index in [1.54, 1.807) is 0 Å². The van der Waals surface area contributed by atoms with Crippen molar-refractivity contribution in [3.8, 4) is 0 Å². The van der Waals surface area contributed by atoms with Crippen molar-refractivity contribution in [3.05, 3.63) is 6.92 Å². The molecule has 53 heavy (non-hydrogen) atoms. The van der Waals surface area contributed by atoms with Crippen LogP contribution >= 0.6 is 0 Å². The molecule has 0 aromatic rings. The Morgan fingerprint density at radius 3 is 1.08 bits per heavy atom. The fourth-order valence-electron chi connectivity index (χ4n) is 8.06. The molecule has 1 fully saturated rings. The third-order valence-corrected chi connectivity index (χ3v) is 11.8. The lowest BCUT2D eigenvalue weighted by molar-refractivity contribution is 0.0450. The van der Waals surface area contributed by atoms with Gasteiger partial charge in [-0.15, -0.1) is 0 Å². The summed E-state index contributed by atoms with van der Waals surface area (Å²) in [5.41, 5.74) is 0. The first-order chi connectivity index (χ1) is 25.9. The lowest BCUT2D eigenvalue weighted by Crippen LogP contribution is -2.49. The Hall–Kier alpha value is -0.280. The summed E-state index contributed by atoms with van der Waals surface area (Å²) >= 11 is 0. The molecule has 1 heterocycles. The zero-order valence-corrected chi connectivity index (χ0v) is 36.1. The predicted octanol–water partition coefficient (Wildman–Crippen LogP) is 9.72. The number of rotatable bonds is 40. The third kappa shape index (κ3) is 31.5. The monoisotopic (exact) mass is 752 g/mol. The van der Waals surface area contributed by atoms with Gasteiger partial charge >= 0.3 is 0 Å². The van der Waals surface area contributed by atoms with E-state index in [-0.39, 0.29) is 18.3 Å². The maximum atomic E-state index is 11.2. The van der Waals surface area contributed by atoms with Gasteiger partial charge in [-0.05, 0) is 32.7 Å². The summed E-state index contributed by atoms with van der Waals surface area (Å²) < 4.78 is 0. The van der Waals surface area contributed by atoms with E-state index in [9.17, 15) is 15.3 Å². The van der Waals surface area contributed by atoms with Crippen LogP contribution in [0.15, 0.2) is 0 Å². The Labute approximate surface area is 332 Å². The second kappa shape index (κ2) is 37.3. The normalized spacial score (nSPS) is 16.2. The van der Waals surface area contributed by atoms with Crippen LogP contribution in [0.3, 0.4) is 0 Å². The highest BCUT2D eigenvalue weighted by Crippen LogP contribution is 2.15. The Kier molecular flexibility index (Phi) is 35.7. The fraction of sp³-hybridized carbons (Fsp3) is 0.978. The van der Waals surface area contributed by atoms with Crippen LogP contribution < -0.4 is 0 Å². The molecule has 0 spiro atoms. The molecule has 0 aliphatic carbocycles. The largest absolute Gasteiger partial charge is 0.392 e. The summed E-state index contributed by atoms with van der Waals surface area (Å²) in [6, 6.07) is 0. The number of hydrogen-bond acceptors (Lipinski definition) is 7. The van der Waals surface area contributed by atoms with Gasteiger partial charge in [0.25, 0.3) is 0 Å². The van der Waals surface area contributed by atoms with Gasteiger partial charge in [0, 0.05) is 72.0 Å². The highest BCUT2D eigenvalue weighted by Gasteiger charge is 2.21. The summed E-state index contributed by atoms with van der Waals surface area (Å²) in [6.45, 7) is 21.8. The molecule has 0 amide bonds. The predicted molar refractivity (Wildman–Crippen MR) is 231 cm³/mol. The van der Waals surface area contributed by atoms with Crippen molar-refractivity contribution in [2.45, 2.75) is 212 Å². The number of aliphatic hydroxyl groups excluding tert-OH is 3. The van der Waals surface area contributed by atoms with E-state index in [0.29, 0.717) is 19.6 Å². The average molecular weight is 752 g/mol. The van der Waals surface area contributed by atoms with Crippen LogP contribution in [-0.2, 0) is 0 Å². The van der Waals surface area contributed by atoms with Crippen LogP contribution in [0.2, 0.25) is 0 Å². The van der Waals surface area contributed by atoms with Gasteiger partial charge in [-0.2, -0.15) is 0 Å². The summed E-state index contributed by atoms with van der Waals surface area (Å²) in [7, 11) is 0. The maximum Gasteiger partial charge on any atom is 0.0667 e. The Morgan fingerprint density at radius 1 is 0.415 bits per heavy atom. The van der Waals surface area contributed by atoms with Gasteiger partial charge < -0.3 is 20.2 Å². The maximum absolute atomic E-state index is 11.2. The highest BCUT2D eigenvalue weighted by atomic mass is 16.3. The molecule has 1 aliphatic heterocycles. The van der Waals surface area contributed by atoms with E-state index in [4.69, 9.17) is 0 Å². The first kappa shape index (κ1) is 50.7. The summed E-state index contributed by atoms with van der Waals surface area (Å²) in [5, 5.41) is 33.5. The minimum atomic E-state index is -0.351. The van der Waals surface area contributed by atoms with Crippen molar-refractivity contribution in [1.82, 2.24) is 19.6 Å². The summed E-state index contributed by atoms with van der Waals surface area (Å²) in [4.78, 5) is 9.82. The van der Waals surface area contributed by atoms with Gasteiger partial charge in [-0.3, -0.25) is 14.7 Å². The molecule has 0 saturated carbocycles. The van der Waals surface area contributed by atoms with Gasteiger partial charge in [-0.25, -0.2) is 0 Å². The lowest BCUT2D eigenvalue weighted by atomic mass is 10.0. The Morgan fingerprint density at radius 2 is 0.717 bits per heavy atom. The molecule has 0 bridgehead atoms. The summed E-state index contributed by atoms with van der Waals surface area (Å²) in [6.07, 6.45) is 32.4. The standard InChI is InChI=1S/C46H95N4O3/c1-5-9-12-15-18-21-24-27-30-44(51)41-49(38-37-48-35-33-47(8-4)34-36-48)39-40-50(42-45(52)31-28-25-22-19-16-13-10-6-2)43-46(53)32-29-26-23-20-17-14-11-7-3/h44-46,51-53H,4-43H2,1-3H3. The van der Waals surface area contributed by atoms with Crippen molar-refractivity contribution < 1.29 is 15.3 Å². The number of unbranched alkanes of at least 4 members (excludes halogenated alkanes) is 21. The van der Waals surface area contributed by atoms with Crippen LogP contribution in [0.4, 0.5) is 0 Å². The van der Waals surface area contributed by atoms with Crippen molar-refractivity contribution in [2.75, 3.05) is 78.5 Å². The molecule has 1 radical (unpaired) electrons. The number of aliphatic hydroxyl groups is 3. The van der Waals surface area contributed by atoms with E-state index in [1.165, 1.54) is 135 Å². The molecular formula is C46H95N4O3.